The normalized spacial score (nSPS) is 11.8. The topological polar surface area (TPSA) is 61.1 Å². The van der Waals surface area contributed by atoms with Crippen LogP contribution in [-0.2, 0) is 0 Å². The first kappa shape index (κ1) is 13.1. The van der Waals surface area contributed by atoms with Crippen LogP contribution in [0.25, 0.3) is 0 Å². The fourth-order valence-electron chi connectivity index (χ4n) is 1.12. The van der Waals surface area contributed by atoms with E-state index in [9.17, 15) is 4.79 Å². The van der Waals surface area contributed by atoms with Crippen molar-refractivity contribution in [1.29, 1.82) is 5.26 Å². The van der Waals surface area contributed by atoms with E-state index in [1.165, 1.54) is 11.8 Å². The summed E-state index contributed by atoms with van der Waals surface area (Å²) >= 11 is 4.58. The van der Waals surface area contributed by atoms with Crippen LogP contribution < -0.4 is 0 Å². The quantitative estimate of drug-likeness (QED) is 0.864. The Morgan fingerprint density at radius 3 is 2.88 bits per heavy atom. The van der Waals surface area contributed by atoms with Crippen molar-refractivity contribution < 1.29 is 9.90 Å². The van der Waals surface area contributed by atoms with Gasteiger partial charge in [0, 0.05) is 9.37 Å². The number of aromatic carboxylic acids is 1. The summed E-state index contributed by atoms with van der Waals surface area (Å²) in [7, 11) is 0. The number of carbonyl (C=O) groups is 1. The predicted octanol–water partition coefficient (Wildman–Crippen LogP) is 3.54. The predicted molar refractivity (Wildman–Crippen MR) is 66.7 cm³/mol. The van der Waals surface area contributed by atoms with Gasteiger partial charge in [0.2, 0.25) is 0 Å². The minimum Gasteiger partial charge on any atom is -0.478 e. The van der Waals surface area contributed by atoms with Gasteiger partial charge in [0.15, 0.2) is 0 Å². The number of carboxylic acids is 1. The van der Waals surface area contributed by atoms with Crippen molar-refractivity contribution in [2.24, 2.45) is 0 Å². The van der Waals surface area contributed by atoms with E-state index in [4.69, 9.17) is 10.4 Å². The van der Waals surface area contributed by atoms with Gasteiger partial charge in [-0.1, -0.05) is 22.9 Å². The number of nitrogens with zero attached hydrogens (tertiary/aromatic N) is 1. The first-order chi connectivity index (χ1) is 7.58. The maximum absolute atomic E-state index is 11.0. The largest absolute Gasteiger partial charge is 0.478 e. The Morgan fingerprint density at radius 1 is 1.69 bits per heavy atom. The van der Waals surface area contributed by atoms with E-state index in [-0.39, 0.29) is 10.8 Å². The van der Waals surface area contributed by atoms with Crippen LogP contribution in [-0.4, -0.2) is 16.3 Å². The highest BCUT2D eigenvalue weighted by atomic mass is 79.9. The highest BCUT2D eigenvalue weighted by Gasteiger charge is 2.14. The number of benzene rings is 1. The number of carboxylic acid groups (broad SMARTS) is 1. The van der Waals surface area contributed by atoms with Gasteiger partial charge in [-0.15, -0.1) is 11.8 Å². The van der Waals surface area contributed by atoms with Crippen LogP contribution in [0.15, 0.2) is 27.6 Å². The molecule has 0 saturated heterocycles. The molecule has 0 fully saturated rings. The van der Waals surface area contributed by atoms with Crippen LogP contribution >= 0.6 is 27.7 Å². The summed E-state index contributed by atoms with van der Waals surface area (Å²) in [6, 6.07) is 7.09. The molecule has 0 aliphatic rings. The second-order valence-corrected chi connectivity index (χ2v) is 5.25. The van der Waals surface area contributed by atoms with E-state index < -0.39 is 5.97 Å². The van der Waals surface area contributed by atoms with Crippen LogP contribution in [0.4, 0.5) is 0 Å². The van der Waals surface area contributed by atoms with Crippen molar-refractivity contribution in [3.8, 4) is 6.07 Å². The molecule has 0 aliphatic heterocycles. The molecule has 0 radical (unpaired) electrons. The van der Waals surface area contributed by atoms with Gasteiger partial charge in [0.1, 0.15) is 0 Å². The molecule has 0 spiro atoms. The van der Waals surface area contributed by atoms with Crippen LogP contribution in [0.1, 0.15) is 23.7 Å². The Kier molecular flexibility index (Phi) is 4.84. The maximum Gasteiger partial charge on any atom is 0.336 e. The molecule has 0 saturated carbocycles. The van der Waals surface area contributed by atoms with Gasteiger partial charge in [0.05, 0.1) is 16.9 Å². The Balaban J connectivity index is 3.06. The lowest BCUT2D eigenvalue weighted by Gasteiger charge is -2.09. The Hall–Kier alpha value is -0.990. The molecule has 1 rings (SSSR count). The molecule has 0 bridgehead atoms. The smallest absolute Gasteiger partial charge is 0.336 e. The standard InChI is InChI=1S/C11H10BrNO2S/c1-2-8(6-13)16-10-5-7(12)3-4-9(10)11(14)15/h3-5,8H,2H2,1H3,(H,14,15). The SMILES string of the molecule is CCC(C#N)Sc1cc(Br)ccc1C(=O)O. The zero-order valence-electron chi connectivity index (χ0n) is 8.61. The third kappa shape index (κ3) is 3.26. The van der Waals surface area contributed by atoms with Gasteiger partial charge >= 0.3 is 5.97 Å². The van der Waals surface area contributed by atoms with Crippen LogP contribution in [0.2, 0.25) is 0 Å². The van der Waals surface area contributed by atoms with Crippen molar-refractivity contribution in [3.05, 3.63) is 28.2 Å². The second kappa shape index (κ2) is 5.92. The van der Waals surface area contributed by atoms with E-state index in [1.54, 1.807) is 18.2 Å². The molecule has 84 valence electrons. The van der Waals surface area contributed by atoms with Gasteiger partial charge in [-0.25, -0.2) is 4.79 Å². The van der Waals surface area contributed by atoms with E-state index in [0.29, 0.717) is 11.3 Å². The summed E-state index contributed by atoms with van der Waals surface area (Å²) < 4.78 is 0.813. The summed E-state index contributed by atoms with van der Waals surface area (Å²) in [5.74, 6) is -0.970. The molecule has 3 nitrogen and oxygen atoms in total. The number of hydrogen-bond donors (Lipinski definition) is 1. The fourth-order valence-corrected chi connectivity index (χ4v) is 2.64. The first-order valence-electron chi connectivity index (χ1n) is 4.67. The number of hydrogen-bond acceptors (Lipinski definition) is 3. The van der Waals surface area contributed by atoms with Crippen molar-refractivity contribution in [2.45, 2.75) is 23.5 Å². The zero-order chi connectivity index (χ0) is 12.1. The van der Waals surface area contributed by atoms with Gasteiger partial charge in [-0.2, -0.15) is 5.26 Å². The van der Waals surface area contributed by atoms with Crippen LogP contribution in [0.3, 0.4) is 0 Å². The number of nitriles is 1. The van der Waals surface area contributed by atoms with Crippen molar-refractivity contribution in [3.63, 3.8) is 0 Å². The molecule has 5 heteroatoms. The third-order valence-corrected chi connectivity index (χ3v) is 3.77. The summed E-state index contributed by atoms with van der Waals surface area (Å²) in [5, 5.41) is 17.6. The summed E-state index contributed by atoms with van der Waals surface area (Å²) in [6.45, 7) is 1.90. The lowest BCUT2D eigenvalue weighted by molar-refractivity contribution is 0.0693. The fraction of sp³-hybridized carbons (Fsp3) is 0.273. The van der Waals surface area contributed by atoms with Crippen LogP contribution in [0, 0.1) is 11.3 Å². The molecular formula is C11H10BrNO2S. The third-order valence-electron chi connectivity index (χ3n) is 1.96. The highest BCUT2D eigenvalue weighted by Crippen LogP contribution is 2.30. The second-order valence-electron chi connectivity index (χ2n) is 3.09. The van der Waals surface area contributed by atoms with Gasteiger partial charge in [-0.05, 0) is 24.6 Å². The molecule has 16 heavy (non-hydrogen) atoms. The van der Waals surface area contributed by atoms with Gasteiger partial charge in [0.25, 0.3) is 0 Å². The van der Waals surface area contributed by atoms with E-state index in [1.807, 2.05) is 6.92 Å². The molecule has 0 aromatic heterocycles. The molecular weight excluding hydrogens is 290 g/mol. The molecule has 1 atom stereocenters. The van der Waals surface area contributed by atoms with E-state index >= 15 is 0 Å². The monoisotopic (exact) mass is 299 g/mol. The van der Waals surface area contributed by atoms with E-state index in [2.05, 4.69) is 22.0 Å². The molecule has 0 amide bonds. The molecule has 0 aliphatic carbocycles. The van der Waals surface area contributed by atoms with E-state index in [0.717, 1.165) is 4.47 Å². The molecule has 1 unspecified atom stereocenters. The van der Waals surface area contributed by atoms with Gasteiger partial charge < -0.3 is 5.11 Å². The molecule has 1 aromatic carbocycles. The highest BCUT2D eigenvalue weighted by molar-refractivity contribution is 9.10. The van der Waals surface area contributed by atoms with Crippen molar-refractivity contribution in [2.75, 3.05) is 0 Å². The average Bonchev–Trinajstić information content (AvgIpc) is 2.25. The zero-order valence-corrected chi connectivity index (χ0v) is 11.0. The lowest BCUT2D eigenvalue weighted by atomic mass is 10.2. The Bertz CT molecular complexity index is 442. The first-order valence-corrected chi connectivity index (χ1v) is 6.34. The maximum atomic E-state index is 11.0. The number of halogens is 1. The van der Waals surface area contributed by atoms with Crippen molar-refractivity contribution >= 4 is 33.7 Å². The summed E-state index contributed by atoms with van der Waals surface area (Å²) in [5.41, 5.74) is 0.238. The van der Waals surface area contributed by atoms with Crippen LogP contribution in [0.5, 0.6) is 0 Å². The Labute approximate surface area is 107 Å². The van der Waals surface area contributed by atoms with Crippen molar-refractivity contribution in [1.82, 2.24) is 0 Å². The van der Waals surface area contributed by atoms with Gasteiger partial charge in [-0.3, -0.25) is 0 Å². The summed E-state index contributed by atoms with van der Waals surface area (Å²) in [4.78, 5) is 11.6. The number of rotatable bonds is 4. The number of thioether (sulfide) groups is 1. The lowest BCUT2D eigenvalue weighted by Crippen LogP contribution is -2.02. The molecule has 1 N–H and O–H groups in total. The molecule has 0 heterocycles. The summed E-state index contributed by atoms with van der Waals surface area (Å²) in [6.07, 6.45) is 0.687. The average molecular weight is 300 g/mol. The minimum absolute atomic E-state index is 0.215. The molecule has 1 aromatic rings. The Morgan fingerprint density at radius 2 is 2.38 bits per heavy atom. The minimum atomic E-state index is -0.970.